The highest BCUT2D eigenvalue weighted by atomic mass is 28.3. The molecule has 4 atom stereocenters. The summed E-state index contributed by atoms with van der Waals surface area (Å²) in [6.45, 7) is 12.3. The van der Waals surface area contributed by atoms with Gasteiger partial charge in [-0.2, -0.15) is 0 Å². The van der Waals surface area contributed by atoms with E-state index in [1.165, 1.54) is 12.5 Å². The lowest BCUT2D eigenvalue weighted by atomic mass is 9.80. The van der Waals surface area contributed by atoms with Crippen LogP contribution in [0.2, 0.25) is 25.7 Å². The van der Waals surface area contributed by atoms with Crippen molar-refractivity contribution in [2.75, 3.05) is 0 Å². The normalized spacial score (nSPS) is 38.4. The second-order valence-electron chi connectivity index (χ2n) is 7.14. The molecule has 0 spiro atoms. The molecule has 0 aromatic carbocycles. The van der Waals surface area contributed by atoms with E-state index in [0.717, 1.165) is 23.7 Å². The van der Waals surface area contributed by atoms with Crippen molar-refractivity contribution in [1.82, 2.24) is 0 Å². The molecule has 0 heterocycles. The Morgan fingerprint density at radius 1 is 1.31 bits per heavy atom. The minimum Gasteiger partial charge on any atom is -0.0805 e. The smallest absolute Gasteiger partial charge is 0.0445 e. The van der Waals surface area contributed by atoms with Crippen molar-refractivity contribution in [3.8, 4) is 0 Å². The number of allylic oxidation sites excluding steroid dienone is 4. The second kappa shape index (κ2) is 4.18. The van der Waals surface area contributed by atoms with Gasteiger partial charge in [-0.05, 0) is 37.0 Å². The Morgan fingerprint density at radius 3 is 2.62 bits per heavy atom. The molecule has 0 aromatic heterocycles. The highest BCUT2D eigenvalue weighted by molar-refractivity contribution is 6.76. The highest BCUT2D eigenvalue weighted by Gasteiger charge is 2.42. The van der Waals surface area contributed by atoms with Crippen LogP contribution in [0.4, 0.5) is 0 Å². The summed E-state index contributed by atoms with van der Waals surface area (Å²) < 4.78 is 0. The van der Waals surface area contributed by atoms with E-state index in [4.69, 9.17) is 0 Å². The molecule has 1 saturated carbocycles. The Morgan fingerprint density at radius 2 is 2.00 bits per heavy atom. The van der Waals surface area contributed by atoms with Crippen molar-refractivity contribution in [3.05, 3.63) is 23.8 Å². The molecule has 90 valence electrons. The van der Waals surface area contributed by atoms with Gasteiger partial charge in [-0.3, -0.25) is 0 Å². The monoisotopic (exact) mass is 234 g/mol. The molecule has 0 radical (unpaired) electrons. The van der Waals surface area contributed by atoms with Crippen LogP contribution in [0, 0.1) is 23.7 Å². The Labute approximate surface area is 102 Å². The van der Waals surface area contributed by atoms with Crippen LogP contribution < -0.4 is 0 Å². The van der Waals surface area contributed by atoms with Gasteiger partial charge in [-0.25, -0.2) is 0 Å². The molecule has 0 nitrogen and oxygen atoms in total. The number of hydrogen-bond donors (Lipinski definition) is 0. The first-order valence-corrected chi connectivity index (χ1v) is 10.4. The summed E-state index contributed by atoms with van der Waals surface area (Å²) in [5.74, 6) is 3.57. The average molecular weight is 234 g/mol. The zero-order chi connectivity index (χ0) is 11.9. The van der Waals surface area contributed by atoms with Crippen molar-refractivity contribution in [2.45, 2.75) is 46.0 Å². The standard InChI is InChI=1S/C15H26Si/c1-11-7-6-8-14-13(10-16(3,4)5)9-12(2)15(11)14/h6-8,12-15H,9-10H2,1-5H3. The van der Waals surface area contributed by atoms with Gasteiger partial charge in [0.15, 0.2) is 0 Å². The molecule has 0 bridgehead atoms. The third-order valence-electron chi connectivity index (χ3n) is 4.34. The first kappa shape index (κ1) is 12.2. The maximum atomic E-state index is 2.51. The summed E-state index contributed by atoms with van der Waals surface area (Å²) >= 11 is 0. The minimum absolute atomic E-state index is 0.853. The lowest BCUT2D eigenvalue weighted by molar-refractivity contribution is 0.404. The molecular weight excluding hydrogens is 208 g/mol. The van der Waals surface area contributed by atoms with Crippen molar-refractivity contribution < 1.29 is 0 Å². The Balaban J connectivity index is 2.15. The van der Waals surface area contributed by atoms with Gasteiger partial charge in [0, 0.05) is 8.07 Å². The van der Waals surface area contributed by atoms with Crippen LogP contribution >= 0.6 is 0 Å². The zero-order valence-electron chi connectivity index (χ0n) is 11.5. The predicted molar refractivity (Wildman–Crippen MR) is 75.3 cm³/mol. The molecule has 1 heteroatoms. The summed E-state index contributed by atoms with van der Waals surface area (Å²) in [5, 5.41) is 0. The van der Waals surface area contributed by atoms with E-state index in [9.17, 15) is 0 Å². The van der Waals surface area contributed by atoms with Crippen molar-refractivity contribution in [1.29, 1.82) is 0 Å². The van der Waals surface area contributed by atoms with Gasteiger partial charge in [-0.15, -0.1) is 0 Å². The number of rotatable bonds is 2. The highest BCUT2D eigenvalue weighted by Crippen LogP contribution is 2.49. The summed E-state index contributed by atoms with van der Waals surface area (Å²) in [6, 6.07) is 1.51. The largest absolute Gasteiger partial charge is 0.0805 e. The molecule has 0 aromatic rings. The van der Waals surface area contributed by atoms with E-state index in [1.54, 1.807) is 5.57 Å². The maximum absolute atomic E-state index is 2.51. The van der Waals surface area contributed by atoms with E-state index in [2.05, 4.69) is 51.7 Å². The van der Waals surface area contributed by atoms with Gasteiger partial charge in [-0.1, -0.05) is 56.4 Å². The SMILES string of the molecule is CC1=CC=CC2C(C[Si](C)(C)C)CC(C)C12. The van der Waals surface area contributed by atoms with Crippen LogP contribution in [0.3, 0.4) is 0 Å². The van der Waals surface area contributed by atoms with E-state index in [0.29, 0.717) is 0 Å². The van der Waals surface area contributed by atoms with E-state index in [1.807, 2.05) is 0 Å². The third kappa shape index (κ3) is 2.34. The van der Waals surface area contributed by atoms with E-state index >= 15 is 0 Å². The summed E-state index contributed by atoms with van der Waals surface area (Å²) in [6.07, 6.45) is 8.57. The summed E-state index contributed by atoms with van der Waals surface area (Å²) in [4.78, 5) is 0. The fourth-order valence-corrected chi connectivity index (χ4v) is 5.95. The predicted octanol–water partition coefficient (Wildman–Crippen LogP) is 4.73. The van der Waals surface area contributed by atoms with Crippen molar-refractivity contribution in [3.63, 3.8) is 0 Å². The molecule has 2 aliphatic rings. The summed E-state index contributed by atoms with van der Waals surface area (Å²) in [5.41, 5.74) is 1.62. The van der Waals surface area contributed by atoms with Gasteiger partial charge in [0.05, 0.1) is 0 Å². The van der Waals surface area contributed by atoms with Crippen LogP contribution in [0.1, 0.15) is 20.3 Å². The lowest BCUT2D eigenvalue weighted by Gasteiger charge is -2.29. The van der Waals surface area contributed by atoms with Crippen LogP contribution in [-0.2, 0) is 0 Å². The molecule has 0 aliphatic heterocycles. The molecule has 4 unspecified atom stereocenters. The molecule has 1 fully saturated rings. The van der Waals surface area contributed by atoms with Crippen LogP contribution in [0.15, 0.2) is 23.8 Å². The van der Waals surface area contributed by atoms with Crippen LogP contribution in [0.25, 0.3) is 0 Å². The Kier molecular flexibility index (Phi) is 3.17. The first-order chi connectivity index (χ1) is 7.38. The molecule has 16 heavy (non-hydrogen) atoms. The van der Waals surface area contributed by atoms with Gasteiger partial charge < -0.3 is 0 Å². The fraction of sp³-hybridized carbons (Fsp3) is 0.733. The average Bonchev–Trinajstić information content (AvgIpc) is 2.42. The topological polar surface area (TPSA) is 0 Å². The van der Waals surface area contributed by atoms with E-state index < -0.39 is 8.07 Å². The van der Waals surface area contributed by atoms with Crippen LogP contribution in [0.5, 0.6) is 0 Å². The molecule has 0 N–H and O–H groups in total. The lowest BCUT2D eigenvalue weighted by Crippen LogP contribution is -2.27. The summed E-state index contributed by atoms with van der Waals surface area (Å²) in [7, 11) is -0.904. The number of hydrogen-bond acceptors (Lipinski definition) is 0. The molecule has 0 amide bonds. The first-order valence-electron chi connectivity index (χ1n) is 6.73. The molecule has 2 rings (SSSR count). The second-order valence-corrected chi connectivity index (χ2v) is 12.7. The molecule has 0 saturated heterocycles. The van der Waals surface area contributed by atoms with E-state index in [-0.39, 0.29) is 0 Å². The quantitative estimate of drug-likeness (QED) is 0.606. The van der Waals surface area contributed by atoms with Crippen LogP contribution in [-0.4, -0.2) is 8.07 Å². The Bertz CT molecular complexity index is 319. The van der Waals surface area contributed by atoms with Crippen molar-refractivity contribution >= 4 is 8.07 Å². The number of fused-ring (bicyclic) bond motifs is 1. The minimum atomic E-state index is -0.904. The zero-order valence-corrected chi connectivity index (χ0v) is 12.5. The third-order valence-corrected chi connectivity index (χ3v) is 6.09. The Hall–Kier alpha value is -0.303. The van der Waals surface area contributed by atoms with Crippen molar-refractivity contribution in [2.24, 2.45) is 23.7 Å². The fourth-order valence-electron chi connectivity index (χ4n) is 3.94. The van der Waals surface area contributed by atoms with Gasteiger partial charge in [0.25, 0.3) is 0 Å². The van der Waals surface area contributed by atoms with Gasteiger partial charge in [0.2, 0.25) is 0 Å². The van der Waals surface area contributed by atoms with Gasteiger partial charge in [0.1, 0.15) is 0 Å². The molecular formula is C15H26Si. The van der Waals surface area contributed by atoms with Gasteiger partial charge >= 0.3 is 0 Å². The maximum Gasteiger partial charge on any atom is 0.0445 e. The molecule has 2 aliphatic carbocycles.